The smallest absolute Gasteiger partial charge is 0.253 e. The lowest BCUT2D eigenvalue weighted by Gasteiger charge is -2.32. The second-order valence-electron chi connectivity index (χ2n) is 7.29. The molecule has 25 heavy (non-hydrogen) atoms. The summed E-state index contributed by atoms with van der Waals surface area (Å²) >= 11 is 1.63. The molecule has 1 amide bonds. The van der Waals surface area contributed by atoms with E-state index in [1.165, 1.54) is 12.8 Å². The van der Waals surface area contributed by atoms with Crippen LogP contribution in [-0.4, -0.2) is 41.5 Å². The van der Waals surface area contributed by atoms with Crippen LogP contribution < -0.4 is 5.32 Å². The number of hydrogen-bond acceptors (Lipinski definition) is 4. The van der Waals surface area contributed by atoms with Gasteiger partial charge in [0.25, 0.3) is 5.91 Å². The molecule has 2 aliphatic rings. The molecule has 2 aromatic rings. The summed E-state index contributed by atoms with van der Waals surface area (Å²) < 4.78 is 0. The topological polar surface area (TPSA) is 45.2 Å². The van der Waals surface area contributed by atoms with Gasteiger partial charge in [-0.15, -0.1) is 11.3 Å². The molecule has 5 heteroatoms. The molecular weight excluding hydrogens is 330 g/mol. The van der Waals surface area contributed by atoms with Gasteiger partial charge < -0.3 is 10.2 Å². The Labute approximate surface area is 153 Å². The molecule has 1 saturated carbocycles. The van der Waals surface area contributed by atoms with Gasteiger partial charge in [-0.3, -0.25) is 4.79 Å². The highest BCUT2D eigenvalue weighted by atomic mass is 32.1. The molecule has 1 saturated heterocycles. The number of rotatable bonds is 5. The van der Waals surface area contributed by atoms with E-state index in [0.717, 1.165) is 60.2 Å². The van der Waals surface area contributed by atoms with Gasteiger partial charge in [0, 0.05) is 41.3 Å². The van der Waals surface area contributed by atoms with Crippen molar-refractivity contribution in [2.24, 2.45) is 5.92 Å². The molecule has 1 aromatic carbocycles. The molecule has 1 N–H and O–H groups in total. The second-order valence-corrected chi connectivity index (χ2v) is 8.15. The fourth-order valence-corrected chi connectivity index (χ4v) is 4.19. The number of carbonyl (C=O) groups is 1. The minimum absolute atomic E-state index is 0.149. The van der Waals surface area contributed by atoms with Crippen LogP contribution in [0.4, 0.5) is 0 Å². The van der Waals surface area contributed by atoms with Crippen molar-refractivity contribution in [3.63, 3.8) is 0 Å². The fraction of sp³-hybridized carbons (Fsp3) is 0.500. The van der Waals surface area contributed by atoms with Crippen LogP contribution in [0.25, 0.3) is 10.6 Å². The summed E-state index contributed by atoms with van der Waals surface area (Å²) in [5, 5.41) is 6.70. The third kappa shape index (κ3) is 4.10. The third-order valence-electron chi connectivity index (χ3n) is 5.15. The summed E-state index contributed by atoms with van der Waals surface area (Å²) in [5.41, 5.74) is 2.83. The van der Waals surface area contributed by atoms with Crippen LogP contribution in [0.15, 0.2) is 29.6 Å². The van der Waals surface area contributed by atoms with Gasteiger partial charge in [-0.25, -0.2) is 4.98 Å². The predicted molar refractivity (Wildman–Crippen MR) is 102 cm³/mol. The zero-order valence-electron chi connectivity index (χ0n) is 14.7. The summed E-state index contributed by atoms with van der Waals surface area (Å²) in [7, 11) is 0. The highest BCUT2D eigenvalue weighted by Crippen LogP contribution is 2.28. The Bertz CT molecular complexity index is 745. The first-order valence-electron chi connectivity index (χ1n) is 9.24. The van der Waals surface area contributed by atoms with Crippen LogP contribution in [0.2, 0.25) is 0 Å². The first kappa shape index (κ1) is 16.7. The van der Waals surface area contributed by atoms with Gasteiger partial charge in [-0.1, -0.05) is 12.1 Å². The van der Waals surface area contributed by atoms with Crippen molar-refractivity contribution in [1.29, 1.82) is 0 Å². The number of nitrogens with one attached hydrogen (secondary N) is 1. The molecule has 1 aromatic heterocycles. The van der Waals surface area contributed by atoms with Gasteiger partial charge in [-0.05, 0) is 57.2 Å². The lowest BCUT2D eigenvalue weighted by molar-refractivity contribution is 0.0705. The van der Waals surface area contributed by atoms with E-state index in [2.05, 4.69) is 10.3 Å². The standard InChI is InChI=1S/C20H25N3OS/c1-14-13-25-19(22-14)16-3-2-4-17(11-16)20(24)23-9-7-18(8-10-23)21-12-15-5-6-15/h2-4,11,13,15,18,21H,5-10,12H2,1H3. The van der Waals surface area contributed by atoms with Crippen LogP contribution in [0.3, 0.4) is 0 Å². The van der Waals surface area contributed by atoms with Gasteiger partial charge in [0.05, 0.1) is 0 Å². The average Bonchev–Trinajstić information content (AvgIpc) is 3.39. The number of hydrogen-bond donors (Lipinski definition) is 1. The molecule has 4 rings (SSSR count). The molecule has 4 nitrogen and oxygen atoms in total. The number of nitrogens with zero attached hydrogens (tertiary/aromatic N) is 2. The highest BCUT2D eigenvalue weighted by Gasteiger charge is 2.26. The van der Waals surface area contributed by atoms with E-state index in [-0.39, 0.29) is 5.91 Å². The van der Waals surface area contributed by atoms with Crippen molar-refractivity contribution < 1.29 is 4.79 Å². The number of piperidine rings is 1. The lowest BCUT2D eigenvalue weighted by Crippen LogP contribution is -2.45. The van der Waals surface area contributed by atoms with Gasteiger partial charge in [0.2, 0.25) is 0 Å². The Balaban J connectivity index is 1.37. The summed E-state index contributed by atoms with van der Waals surface area (Å²) in [6.45, 7) is 4.85. The van der Waals surface area contributed by atoms with Gasteiger partial charge in [0.15, 0.2) is 0 Å². The van der Waals surface area contributed by atoms with Crippen molar-refractivity contribution in [1.82, 2.24) is 15.2 Å². The maximum absolute atomic E-state index is 12.9. The monoisotopic (exact) mass is 355 g/mol. The summed E-state index contributed by atoms with van der Waals surface area (Å²) in [4.78, 5) is 19.4. The first-order valence-corrected chi connectivity index (χ1v) is 10.1. The molecule has 0 bridgehead atoms. The van der Waals surface area contributed by atoms with E-state index in [4.69, 9.17) is 0 Å². The molecule has 1 aliphatic carbocycles. The number of aromatic nitrogens is 1. The molecule has 2 fully saturated rings. The molecule has 0 radical (unpaired) electrons. The van der Waals surface area contributed by atoms with E-state index in [9.17, 15) is 4.79 Å². The van der Waals surface area contributed by atoms with Crippen LogP contribution in [0, 0.1) is 12.8 Å². The molecule has 0 atom stereocenters. The van der Waals surface area contributed by atoms with Crippen LogP contribution in [0.1, 0.15) is 41.7 Å². The highest BCUT2D eigenvalue weighted by molar-refractivity contribution is 7.13. The lowest BCUT2D eigenvalue weighted by atomic mass is 10.0. The number of likely N-dealkylation sites (tertiary alicyclic amines) is 1. The van der Waals surface area contributed by atoms with Gasteiger partial charge in [0.1, 0.15) is 5.01 Å². The number of benzene rings is 1. The van der Waals surface area contributed by atoms with Crippen molar-refractivity contribution in [2.75, 3.05) is 19.6 Å². The van der Waals surface area contributed by atoms with E-state index in [1.807, 2.05) is 41.5 Å². The first-order chi connectivity index (χ1) is 12.2. The molecule has 0 unspecified atom stereocenters. The van der Waals surface area contributed by atoms with E-state index in [1.54, 1.807) is 11.3 Å². The van der Waals surface area contributed by atoms with Crippen molar-refractivity contribution in [3.05, 3.63) is 40.9 Å². The Kier molecular flexibility index (Phi) is 4.86. The van der Waals surface area contributed by atoms with Gasteiger partial charge >= 0.3 is 0 Å². The average molecular weight is 356 g/mol. The van der Waals surface area contributed by atoms with Crippen molar-refractivity contribution >= 4 is 17.2 Å². The second kappa shape index (κ2) is 7.26. The molecule has 2 heterocycles. The summed E-state index contributed by atoms with van der Waals surface area (Å²) in [5.74, 6) is 1.06. The third-order valence-corrected chi connectivity index (χ3v) is 6.16. The van der Waals surface area contributed by atoms with E-state index >= 15 is 0 Å². The maximum Gasteiger partial charge on any atom is 0.253 e. The van der Waals surface area contributed by atoms with Crippen molar-refractivity contribution in [3.8, 4) is 10.6 Å². The Morgan fingerprint density at radius 2 is 2.08 bits per heavy atom. The van der Waals surface area contributed by atoms with Crippen molar-refractivity contribution in [2.45, 2.75) is 38.6 Å². The fourth-order valence-electron chi connectivity index (χ4n) is 3.40. The zero-order valence-corrected chi connectivity index (χ0v) is 15.5. The largest absolute Gasteiger partial charge is 0.339 e. The minimum atomic E-state index is 0.149. The molecule has 132 valence electrons. The number of aryl methyl sites for hydroxylation is 1. The van der Waals surface area contributed by atoms with Crippen LogP contribution in [0.5, 0.6) is 0 Å². The quantitative estimate of drug-likeness (QED) is 0.889. The normalized spacial score (nSPS) is 18.5. The van der Waals surface area contributed by atoms with E-state index < -0.39 is 0 Å². The van der Waals surface area contributed by atoms with Gasteiger partial charge in [-0.2, -0.15) is 0 Å². The zero-order chi connectivity index (χ0) is 17.2. The Morgan fingerprint density at radius 1 is 1.28 bits per heavy atom. The van der Waals surface area contributed by atoms with E-state index in [0.29, 0.717) is 6.04 Å². The predicted octanol–water partition coefficient (Wildman–Crippen LogP) is 3.72. The number of carbonyl (C=O) groups excluding carboxylic acids is 1. The van der Waals surface area contributed by atoms with Crippen LogP contribution in [-0.2, 0) is 0 Å². The van der Waals surface area contributed by atoms with Crippen LogP contribution >= 0.6 is 11.3 Å². The Morgan fingerprint density at radius 3 is 2.76 bits per heavy atom. The molecule has 0 spiro atoms. The summed E-state index contributed by atoms with van der Waals surface area (Å²) in [6, 6.07) is 8.47. The molecular formula is C20H25N3OS. The number of amides is 1. The SMILES string of the molecule is Cc1csc(-c2cccc(C(=O)N3CCC(NCC4CC4)CC3)c2)n1. The maximum atomic E-state index is 12.9. The molecule has 1 aliphatic heterocycles. The summed E-state index contributed by atoms with van der Waals surface area (Å²) in [6.07, 6.45) is 4.90. The number of thiazole rings is 1. The minimum Gasteiger partial charge on any atom is -0.339 e. The Hall–Kier alpha value is -1.72.